The van der Waals surface area contributed by atoms with E-state index in [1.165, 1.54) is 0 Å². The Morgan fingerprint density at radius 1 is 1.20 bits per heavy atom. The summed E-state index contributed by atoms with van der Waals surface area (Å²) in [6, 6.07) is 8.01. The van der Waals surface area contributed by atoms with Gasteiger partial charge >= 0.3 is 0 Å². The minimum atomic E-state index is -0.570. The van der Waals surface area contributed by atoms with E-state index < -0.39 is 6.23 Å². The molecule has 2 heteroatoms. The van der Waals surface area contributed by atoms with E-state index in [0.29, 0.717) is 0 Å². The van der Waals surface area contributed by atoms with Crippen molar-refractivity contribution in [3.63, 3.8) is 0 Å². The van der Waals surface area contributed by atoms with Crippen LogP contribution in [0.15, 0.2) is 29.8 Å². The summed E-state index contributed by atoms with van der Waals surface area (Å²) in [4.78, 5) is 0. The zero-order valence-corrected chi connectivity index (χ0v) is 9.41. The van der Waals surface area contributed by atoms with Gasteiger partial charge in [0.2, 0.25) is 0 Å². The van der Waals surface area contributed by atoms with Crippen LogP contribution in [0.3, 0.4) is 0 Å². The summed E-state index contributed by atoms with van der Waals surface area (Å²) in [6.07, 6.45) is 1.51. The van der Waals surface area contributed by atoms with Crippen molar-refractivity contribution < 1.29 is 5.11 Å². The zero-order valence-electron chi connectivity index (χ0n) is 9.41. The van der Waals surface area contributed by atoms with Crippen molar-refractivity contribution in [2.24, 2.45) is 5.41 Å². The molecule has 1 atom stereocenters. The second-order valence-electron chi connectivity index (χ2n) is 4.98. The van der Waals surface area contributed by atoms with E-state index in [1.807, 2.05) is 18.2 Å². The Bertz CT molecular complexity index is 401. The summed E-state index contributed by atoms with van der Waals surface area (Å²) in [5.41, 5.74) is 3.16. The number of benzene rings is 1. The number of aliphatic hydroxyl groups is 1. The molecule has 0 bridgehead atoms. The van der Waals surface area contributed by atoms with Crippen LogP contribution in [0.1, 0.15) is 26.3 Å². The van der Waals surface area contributed by atoms with E-state index in [1.54, 1.807) is 0 Å². The maximum atomic E-state index is 9.97. The predicted molar refractivity (Wildman–Crippen MR) is 63.5 cm³/mol. The summed E-state index contributed by atoms with van der Waals surface area (Å²) in [5, 5.41) is 13.1. The third-order valence-electron chi connectivity index (χ3n) is 2.72. The molecule has 2 N–H and O–H groups in total. The molecular weight excluding hydrogens is 186 g/mol. The van der Waals surface area contributed by atoms with Crippen LogP contribution < -0.4 is 5.32 Å². The Hall–Kier alpha value is -1.28. The van der Waals surface area contributed by atoms with Gasteiger partial charge in [0.1, 0.15) is 6.23 Å². The summed E-state index contributed by atoms with van der Waals surface area (Å²) < 4.78 is 0. The first kappa shape index (κ1) is 10.2. The Morgan fingerprint density at radius 3 is 2.53 bits per heavy atom. The minimum Gasteiger partial charge on any atom is -0.370 e. The SMILES string of the molecule is CC(C)(C)C1=Cc2ccccc2NC1O. The fourth-order valence-corrected chi connectivity index (χ4v) is 1.85. The normalized spacial score (nSPS) is 20.3. The van der Waals surface area contributed by atoms with Gasteiger partial charge in [0.05, 0.1) is 0 Å². The summed E-state index contributed by atoms with van der Waals surface area (Å²) in [6.45, 7) is 6.33. The smallest absolute Gasteiger partial charge is 0.147 e. The summed E-state index contributed by atoms with van der Waals surface area (Å²) in [7, 11) is 0. The molecule has 80 valence electrons. The van der Waals surface area contributed by atoms with E-state index in [4.69, 9.17) is 0 Å². The molecule has 0 saturated carbocycles. The Labute approximate surface area is 90.6 Å². The first-order chi connectivity index (χ1) is 6.98. The third-order valence-corrected chi connectivity index (χ3v) is 2.72. The van der Waals surface area contributed by atoms with E-state index in [2.05, 4.69) is 38.2 Å². The van der Waals surface area contributed by atoms with Gasteiger partial charge in [0.25, 0.3) is 0 Å². The van der Waals surface area contributed by atoms with Crippen molar-refractivity contribution in [2.45, 2.75) is 27.0 Å². The van der Waals surface area contributed by atoms with Gasteiger partial charge < -0.3 is 10.4 Å². The number of nitrogens with one attached hydrogen (secondary N) is 1. The standard InChI is InChI=1S/C13H17NO/c1-13(2,3)10-8-9-6-4-5-7-11(9)14-12(10)15/h4-8,12,14-15H,1-3H3. The summed E-state index contributed by atoms with van der Waals surface area (Å²) >= 11 is 0. The van der Waals surface area contributed by atoms with Gasteiger partial charge in [-0.2, -0.15) is 0 Å². The highest BCUT2D eigenvalue weighted by molar-refractivity contribution is 5.73. The number of rotatable bonds is 0. The van der Waals surface area contributed by atoms with Gasteiger partial charge in [-0.15, -0.1) is 0 Å². The number of hydrogen-bond acceptors (Lipinski definition) is 2. The highest BCUT2D eigenvalue weighted by atomic mass is 16.3. The van der Waals surface area contributed by atoms with Gasteiger partial charge in [-0.25, -0.2) is 0 Å². The van der Waals surface area contributed by atoms with E-state index in [-0.39, 0.29) is 5.41 Å². The van der Waals surface area contributed by atoms with E-state index >= 15 is 0 Å². The van der Waals surface area contributed by atoms with Crippen LogP contribution >= 0.6 is 0 Å². The molecule has 0 aromatic heterocycles. The molecule has 0 aliphatic carbocycles. The van der Waals surface area contributed by atoms with Gasteiger partial charge in [-0.3, -0.25) is 0 Å². The first-order valence-electron chi connectivity index (χ1n) is 5.24. The van der Waals surface area contributed by atoms with Crippen molar-refractivity contribution in [3.05, 3.63) is 35.4 Å². The molecule has 1 aromatic rings. The maximum Gasteiger partial charge on any atom is 0.147 e. The van der Waals surface area contributed by atoms with Crippen molar-refractivity contribution in [1.29, 1.82) is 0 Å². The van der Waals surface area contributed by atoms with Gasteiger partial charge in [-0.1, -0.05) is 39.0 Å². The second-order valence-corrected chi connectivity index (χ2v) is 4.98. The predicted octanol–water partition coefficient (Wildman–Crippen LogP) is 2.86. The Kier molecular flexibility index (Phi) is 2.31. The quantitative estimate of drug-likeness (QED) is 0.679. The molecule has 0 spiro atoms. The average molecular weight is 203 g/mol. The average Bonchev–Trinajstić information content (AvgIpc) is 2.15. The molecule has 0 amide bonds. The first-order valence-corrected chi connectivity index (χ1v) is 5.24. The highest BCUT2D eigenvalue weighted by Crippen LogP contribution is 2.35. The van der Waals surface area contributed by atoms with E-state index in [9.17, 15) is 5.11 Å². The van der Waals surface area contributed by atoms with Gasteiger partial charge in [0.15, 0.2) is 0 Å². The maximum absolute atomic E-state index is 9.97. The lowest BCUT2D eigenvalue weighted by Gasteiger charge is -2.32. The van der Waals surface area contributed by atoms with Gasteiger partial charge in [0, 0.05) is 5.69 Å². The van der Waals surface area contributed by atoms with Crippen LogP contribution in [0.25, 0.3) is 6.08 Å². The number of aliphatic hydroxyl groups excluding tert-OH is 1. The van der Waals surface area contributed by atoms with Crippen LogP contribution in [-0.2, 0) is 0 Å². The molecule has 1 aliphatic rings. The molecule has 1 unspecified atom stereocenters. The van der Waals surface area contributed by atoms with Crippen molar-refractivity contribution in [1.82, 2.24) is 0 Å². The number of fused-ring (bicyclic) bond motifs is 1. The van der Waals surface area contributed by atoms with Gasteiger partial charge in [-0.05, 0) is 28.7 Å². The third kappa shape index (κ3) is 1.90. The number of hydrogen-bond donors (Lipinski definition) is 2. The minimum absolute atomic E-state index is 0.0139. The molecule has 1 aromatic carbocycles. The highest BCUT2D eigenvalue weighted by Gasteiger charge is 2.27. The second kappa shape index (κ2) is 3.38. The largest absolute Gasteiger partial charge is 0.370 e. The molecule has 1 aliphatic heterocycles. The van der Waals surface area contributed by atoms with Crippen molar-refractivity contribution in [2.75, 3.05) is 5.32 Å². The Balaban J connectivity index is 2.48. The molecule has 2 nitrogen and oxygen atoms in total. The van der Waals surface area contributed by atoms with Crippen LogP contribution in [0.5, 0.6) is 0 Å². The van der Waals surface area contributed by atoms with Crippen LogP contribution in [0.4, 0.5) is 5.69 Å². The lowest BCUT2D eigenvalue weighted by atomic mass is 9.82. The molecule has 0 fully saturated rings. The molecule has 1 heterocycles. The van der Waals surface area contributed by atoms with Crippen LogP contribution in [-0.4, -0.2) is 11.3 Å². The van der Waals surface area contributed by atoms with Crippen LogP contribution in [0.2, 0.25) is 0 Å². The fourth-order valence-electron chi connectivity index (χ4n) is 1.85. The monoisotopic (exact) mass is 203 g/mol. The lowest BCUT2D eigenvalue weighted by molar-refractivity contribution is 0.212. The fraction of sp³-hybridized carbons (Fsp3) is 0.385. The Morgan fingerprint density at radius 2 is 1.87 bits per heavy atom. The van der Waals surface area contributed by atoms with Crippen LogP contribution in [0, 0.1) is 5.41 Å². The number of para-hydroxylation sites is 1. The molecule has 2 rings (SSSR count). The molecular formula is C13H17NO. The molecule has 0 saturated heterocycles. The van der Waals surface area contributed by atoms with E-state index in [0.717, 1.165) is 16.8 Å². The van der Waals surface area contributed by atoms with Crippen molar-refractivity contribution in [3.8, 4) is 0 Å². The topological polar surface area (TPSA) is 32.3 Å². The zero-order chi connectivity index (χ0) is 11.1. The molecule has 0 radical (unpaired) electrons. The van der Waals surface area contributed by atoms with Crippen molar-refractivity contribution >= 4 is 11.8 Å². The lowest BCUT2D eigenvalue weighted by Crippen LogP contribution is -2.31. The summed E-state index contributed by atoms with van der Waals surface area (Å²) in [5.74, 6) is 0. The molecule has 15 heavy (non-hydrogen) atoms. The number of anilines is 1.